The predicted octanol–water partition coefficient (Wildman–Crippen LogP) is 0.208. The summed E-state index contributed by atoms with van der Waals surface area (Å²) >= 11 is 0. The number of hydrogen-bond donors (Lipinski definition) is 3. The molecule has 0 unspecified atom stereocenters. The fraction of sp³-hybridized carbons (Fsp3) is 0.111. The molecule has 15 heavy (non-hydrogen) atoms. The van der Waals surface area contributed by atoms with Crippen LogP contribution in [0.1, 0.15) is 20.7 Å². The minimum absolute atomic E-state index is 0.0539. The number of aldehydes is 1. The summed E-state index contributed by atoms with van der Waals surface area (Å²) in [7, 11) is 1.47. The summed E-state index contributed by atoms with van der Waals surface area (Å²) in [5.74, 6) is -2.37. The molecule has 0 aliphatic carbocycles. The van der Waals surface area contributed by atoms with E-state index in [1.165, 1.54) is 7.05 Å². The first-order valence-corrected chi connectivity index (χ1v) is 4.05. The summed E-state index contributed by atoms with van der Waals surface area (Å²) in [6, 6.07) is 1.94. The topological polar surface area (TPSA) is 78.4 Å². The highest BCUT2D eigenvalue weighted by Gasteiger charge is 2.13. The summed E-state index contributed by atoms with van der Waals surface area (Å²) in [6.07, 6.45) is 0.272. The molecule has 0 saturated heterocycles. The van der Waals surface area contributed by atoms with Crippen molar-refractivity contribution >= 4 is 12.2 Å². The van der Waals surface area contributed by atoms with E-state index >= 15 is 0 Å². The Labute approximate surface area is 84.9 Å². The highest BCUT2D eigenvalue weighted by atomic mass is 19.1. The van der Waals surface area contributed by atoms with Gasteiger partial charge in [-0.3, -0.25) is 15.0 Å². The van der Waals surface area contributed by atoms with Crippen molar-refractivity contribution in [3.8, 4) is 5.75 Å². The molecule has 0 radical (unpaired) electrons. The number of benzene rings is 1. The predicted molar refractivity (Wildman–Crippen MR) is 50.0 cm³/mol. The second-order valence-corrected chi connectivity index (χ2v) is 2.72. The lowest BCUT2D eigenvalue weighted by atomic mass is 10.1. The number of halogens is 1. The van der Waals surface area contributed by atoms with Gasteiger partial charge in [0.2, 0.25) is 0 Å². The molecule has 0 heterocycles. The van der Waals surface area contributed by atoms with Crippen LogP contribution in [0.25, 0.3) is 0 Å². The van der Waals surface area contributed by atoms with Crippen molar-refractivity contribution in [2.45, 2.75) is 0 Å². The lowest BCUT2D eigenvalue weighted by Gasteiger charge is -2.05. The van der Waals surface area contributed by atoms with Gasteiger partial charge in [0.15, 0.2) is 17.9 Å². The van der Waals surface area contributed by atoms with E-state index in [1.54, 1.807) is 0 Å². The molecule has 3 N–H and O–H groups in total. The van der Waals surface area contributed by atoms with Gasteiger partial charge in [0.1, 0.15) is 0 Å². The first-order valence-electron chi connectivity index (χ1n) is 4.05. The van der Waals surface area contributed by atoms with E-state index in [9.17, 15) is 14.0 Å². The van der Waals surface area contributed by atoms with Crippen molar-refractivity contribution in [1.29, 1.82) is 0 Å². The molecule has 0 aliphatic rings. The van der Waals surface area contributed by atoms with E-state index in [0.29, 0.717) is 0 Å². The van der Waals surface area contributed by atoms with Crippen LogP contribution in [0.2, 0.25) is 0 Å². The molecule has 1 aromatic rings. The van der Waals surface area contributed by atoms with Crippen molar-refractivity contribution in [1.82, 2.24) is 10.9 Å². The van der Waals surface area contributed by atoms with Crippen LogP contribution in [0.5, 0.6) is 5.75 Å². The van der Waals surface area contributed by atoms with Gasteiger partial charge in [-0.05, 0) is 12.1 Å². The van der Waals surface area contributed by atoms with Crippen molar-refractivity contribution in [3.63, 3.8) is 0 Å². The minimum atomic E-state index is -1.01. The van der Waals surface area contributed by atoms with E-state index < -0.39 is 17.5 Å². The van der Waals surface area contributed by atoms with Gasteiger partial charge in [0.25, 0.3) is 5.91 Å². The summed E-state index contributed by atoms with van der Waals surface area (Å²) in [6.45, 7) is 0. The van der Waals surface area contributed by atoms with Crippen molar-refractivity contribution < 1.29 is 19.1 Å². The monoisotopic (exact) mass is 212 g/mol. The van der Waals surface area contributed by atoms with Crippen LogP contribution in [0.3, 0.4) is 0 Å². The number of carbonyl (C=O) groups excluding carboxylic acids is 2. The first kappa shape index (κ1) is 11.1. The SMILES string of the molecule is CNNC(=O)c1cc(F)c(O)c(C=O)c1. The number of carbonyl (C=O) groups is 2. The van der Waals surface area contributed by atoms with E-state index in [0.717, 1.165) is 12.1 Å². The zero-order valence-corrected chi connectivity index (χ0v) is 7.87. The highest BCUT2D eigenvalue weighted by molar-refractivity contribution is 5.96. The smallest absolute Gasteiger partial charge is 0.265 e. The number of hydrazine groups is 1. The molecule has 0 bridgehead atoms. The zero-order valence-electron chi connectivity index (χ0n) is 7.87. The van der Waals surface area contributed by atoms with Crippen molar-refractivity contribution in [2.75, 3.05) is 7.05 Å². The van der Waals surface area contributed by atoms with Crippen LogP contribution in [0.4, 0.5) is 4.39 Å². The molecule has 5 nitrogen and oxygen atoms in total. The molecular weight excluding hydrogens is 203 g/mol. The number of amides is 1. The molecule has 6 heteroatoms. The Balaban J connectivity index is 3.16. The minimum Gasteiger partial charge on any atom is -0.504 e. The van der Waals surface area contributed by atoms with Crippen molar-refractivity contribution in [3.05, 3.63) is 29.1 Å². The Morgan fingerprint density at radius 2 is 2.20 bits per heavy atom. The van der Waals surface area contributed by atoms with Gasteiger partial charge in [-0.1, -0.05) is 0 Å². The standard InChI is InChI=1S/C9H9FN2O3/c1-11-12-9(15)5-2-6(4-13)8(14)7(10)3-5/h2-4,11,14H,1H3,(H,12,15). The molecule has 0 spiro atoms. The number of aromatic hydroxyl groups is 1. The Morgan fingerprint density at radius 1 is 1.53 bits per heavy atom. The summed E-state index contributed by atoms with van der Waals surface area (Å²) in [5.41, 5.74) is 4.25. The van der Waals surface area contributed by atoms with E-state index in [4.69, 9.17) is 5.11 Å². The Hall–Kier alpha value is -1.95. The fourth-order valence-corrected chi connectivity index (χ4v) is 1.03. The quantitative estimate of drug-likeness (QED) is 0.494. The molecule has 0 aliphatic heterocycles. The zero-order chi connectivity index (χ0) is 11.4. The Kier molecular flexibility index (Phi) is 3.35. The van der Waals surface area contributed by atoms with Crippen LogP contribution in [-0.2, 0) is 0 Å². The molecule has 80 valence electrons. The molecule has 0 saturated carbocycles. The fourth-order valence-electron chi connectivity index (χ4n) is 1.03. The maximum absolute atomic E-state index is 13.0. The van der Waals surface area contributed by atoms with Gasteiger partial charge in [-0.15, -0.1) is 0 Å². The maximum atomic E-state index is 13.0. The van der Waals surface area contributed by atoms with Crippen molar-refractivity contribution in [2.24, 2.45) is 0 Å². The lowest BCUT2D eigenvalue weighted by molar-refractivity contribution is 0.0937. The number of rotatable bonds is 3. The lowest BCUT2D eigenvalue weighted by Crippen LogP contribution is -2.34. The largest absolute Gasteiger partial charge is 0.504 e. The van der Waals surface area contributed by atoms with Crippen LogP contribution in [-0.4, -0.2) is 24.3 Å². The molecule has 0 atom stereocenters. The molecule has 1 aromatic carbocycles. The second-order valence-electron chi connectivity index (χ2n) is 2.72. The second kappa shape index (κ2) is 4.52. The third-order valence-corrected chi connectivity index (χ3v) is 1.72. The van der Waals surface area contributed by atoms with Gasteiger partial charge in [-0.25, -0.2) is 9.82 Å². The van der Waals surface area contributed by atoms with E-state index in [2.05, 4.69) is 10.9 Å². The third kappa shape index (κ3) is 2.29. The first-order chi connectivity index (χ1) is 7.10. The van der Waals surface area contributed by atoms with E-state index in [1.807, 2.05) is 0 Å². The average Bonchev–Trinajstić information content (AvgIpc) is 2.22. The molecule has 1 amide bonds. The van der Waals surface area contributed by atoms with Crippen LogP contribution in [0, 0.1) is 5.82 Å². The van der Waals surface area contributed by atoms with Crippen LogP contribution in [0.15, 0.2) is 12.1 Å². The van der Waals surface area contributed by atoms with Gasteiger partial charge < -0.3 is 5.11 Å². The van der Waals surface area contributed by atoms with Gasteiger partial charge in [0, 0.05) is 12.6 Å². The van der Waals surface area contributed by atoms with Gasteiger partial charge in [0.05, 0.1) is 5.56 Å². The Bertz CT molecular complexity index is 407. The van der Waals surface area contributed by atoms with Gasteiger partial charge in [-0.2, -0.15) is 0 Å². The summed E-state index contributed by atoms with van der Waals surface area (Å²) < 4.78 is 13.0. The van der Waals surface area contributed by atoms with Crippen LogP contribution < -0.4 is 10.9 Å². The Morgan fingerprint density at radius 3 is 2.73 bits per heavy atom. The summed E-state index contributed by atoms with van der Waals surface area (Å²) in [5, 5.41) is 9.08. The number of phenols is 1. The van der Waals surface area contributed by atoms with Gasteiger partial charge >= 0.3 is 0 Å². The molecular formula is C9H9FN2O3. The highest BCUT2D eigenvalue weighted by Crippen LogP contribution is 2.21. The molecule has 0 aromatic heterocycles. The summed E-state index contributed by atoms with van der Waals surface area (Å²) in [4.78, 5) is 21.7. The third-order valence-electron chi connectivity index (χ3n) is 1.72. The molecule has 1 rings (SSSR count). The normalized spacial score (nSPS) is 9.73. The van der Waals surface area contributed by atoms with E-state index in [-0.39, 0.29) is 17.4 Å². The van der Waals surface area contributed by atoms with Crippen LogP contribution >= 0.6 is 0 Å². The molecule has 0 fully saturated rings. The number of nitrogens with one attached hydrogen (secondary N) is 2. The number of phenolic OH excluding ortho intramolecular Hbond substituents is 1. The number of hydrogen-bond acceptors (Lipinski definition) is 4. The maximum Gasteiger partial charge on any atom is 0.265 e. The average molecular weight is 212 g/mol.